The summed E-state index contributed by atoms with van der Waals surface area (Å²) in [5, 5.41) is 15.1. The van der Waals surface area contributed by atoms with Gasteiger partial charge < -0.3 is 5.11 Å². The summed E-state index contributed by atoms with van der Waals surface area (Å²) >= 11 is 0. The average Bonchev–Trinajstić information content (AvgIpc) is 2.81. The predicted octanol–water partition coefficient (Wildman–Crippen LogP) is 0.553. The van der Waals surface area contributed by atoms with E-state index in [1.807, 2.05) is 0 Å². The number of hydrogen-bond acceptors (Lipinski definition) is 4. The van der Waals surface area contributed by atoms with Gasteiger partial charge in [0.1, 0.15) is 0 Å². The summed E-state index contributed by atoms with van der Waals surface area (Å²) in [6, 6.07) is 4.91. The van der Waals surface area contributed by atoms with Gasteiger partial charge >= 0.3 is 5.97 Å². The van der Waals surface area contributed by atoms with Crippen LogP contribution in [0.4, 0.5) is 0 Å². The zero-order chi connectivity index (χ0) is 14.3. The van der Waals surface area contributed by atoms with E-state index in [9.17, 15) is 14.4 Å². The van der Waals surface area contributed by atoms with E-state index in [0.29, 0.717) is 23.9 Å². The van der Waals surface area contributed by atoms with Crippen molar-refractivity contribution in [1.82, 2.24) is 14.9 Å². The van der Waals surface area contributed by atoms with Crippen molar-refractivity contribution in [3.8, 4) is 0 Å². The number of aromatic nitrogens is 2. The molecular weight excluding hydrogens is 262 g/mol. The van der Waals surface area contributed by atoms with Gasteiger partial charge in [0.2, 0.25) is 11.8 Å². The summed E-state index contributed by atoms with van der Waals surface area (Å²) in [4.78, 5) is 33.8. The molecule has 0 saturated carbocycles. The van der Waals surface area contributed by atoms with E-state index in [0.717, 1.165) is 0 Å². The third-order valence-corrected chi connectivity index (χ3v) is 3.34. The van der Waals surface area contributed by atoms with Crippen LogP contribution in [-0.4, -0.2) is 32.5 Å². The third-order valence-electron chi connectivity index (χ3n) is 3.34. The molecule has 3 heterocycles. The molecule has 2 N–H and O–H groups in total. The first-order valence-electron chi connectivity index (χ1n) is 6.11. The van der Waals surface area contributed by atoms with Crippen molar-refractivity contribution in [1.29, 1.82) is 0 Å². The minimum atomic E-state index is -1.10. The summed E-state index contributed by atoms with van der Waals surface area (Å²) in [6.07, 6.45) is 2.37. The Kier molecular flexibility index (Phi) is 2.74. The van der Waals surface area contributed by atoms with Crippen LogP contribution in [0.1, 0.15) is 34.8 Å². The van der Waals surface area contributed by atoms with Crippen LogP contribution in [0.5, 0.6) is 0 Å². The molecule has 2 aromatic rings. The van der Waals surface area contributed by atoms with Gasteiger partial charge in [-0.25, -0.2) is 9.31 Å². The molecule has 7 heteroatoms. The number of pyridine rings is 1. The molecule has 0 radical (unpaired) electrons. The lowest BCUT2D eigenvalue weighted by atomic mass is 9.92. The van der Waals surface area contributed by atoms with Crippen molar-refractivity contribution >= 4 is 23.3 Å². The molecule has 1 saturated heterocycles. The number of rotatable bonds is 2. The molecule has 7 nitrogen and oxygen atoms in total. The van der Waals surface area contributed by atoms with Crippen LogP contribution < -0.4 is 5.32 Å². The van der Waals surface area contributed by atoms with Crippen LogP contribution in [0.25, 0.3) is 5.52 Å². The van der Waals surface area contributed by atoms with Crippen LogP contribution in [0.15, 0.2) is 24.4 Å². The van der Waals surface area contributed by atoms with E-state index in [1.54, 1.807) is 18.3 Å². The van der Waals surface area contributed by atoms with Crippen molar-refractivity contribution in [2.75, 3.05) is 0 Å². The number of carboxylic acids is 1. The SMILES string of the molecule is O=C1CCC(c2ccc3cc(C(=O)O)nn3c2)C(=O)N1. The maximum absolute atomic E-state index is 11.8. The minimum Gasteiger partial charge on any atom is -0.476 e. The Morgan fingerprint density at radius 1 is 1.40 bits per heavy atom. The third kappa shape index (κ3) is 2.03. The largest absolute Gasteiger partial charge is 0.476 e. The number of nitrogens with zero attached hydrogens (tertiary/aromatic N) is 2. The minimum absolute atomic E-state index is 0.0505. The van der Waals surface area contributed by atoms with E-state index in [-0.39, 0.29) is 17.5 Å². The van der Waals surface area contributed by atoms with Crippen LogP contribution in [0, 0.1) is 0 Å². The van der Waals surface area contributed by atoms with Gasteiger partial charge in [-0.3, -0.25) is 14.9 Å². The van der Waals surface area contributed by atoms with Crippen molar-refractivity contribution in [2.24, 2.45) is 0 Å². The van der Waals surface area contributed by atoms with Crippen LogP contribution in [-0.2, 0) is 9.59 Å². The van der Waals surface area contributed by atoms with Crippen LogP contribution in [0.2, 0.25) is 0 Å². The van der Waals surface area contributed by atoms with E-state index < -0.39 is 11.9 Å². The Balaban J connectivity index is 1.98. The number of imide groups is 1. The summed E-state index contributed by atoms with van der Waals surface area (Å²) in [7, 11) is 0. The summed E-state index contributed by atoms with van der Waals surface area (Å²) in [5.41, 5.74) is 1.30. The summed E-state index contributed by atoms with van der Waals surface area (Å²) in [5.74, 6) is -2.10. The van der Waals surface area contributed by atoms with E-state index in [1.165, 1.54) is 10.6 Å². The fourth-order valence-corrected chi connectivity index (χ4v) is 2.32. The monoisotopic (exact) mass is 273 g/mol. The second-order valence-electron chi connectivity index (χ2n) is 4.67. The molecule has 1 aliphatic heterocycles. The Bertz CT molecular complexity index is 734. The maximum Gasteiger partial charge on any atom is 0.356 e. The van der Waals surface area contributed by atoms with Gasteiger partial charge in [0, 0.05) is 12.6 Å². The van der Waals surface area contributed by atoms with Gasteiger partial charge in [-0.15, -0.1) is 0 Å². The Morgan fingerprint density at radius 3 is 2.90 bits per heavy atom. The molecule has 20 heavy (non-hydrogen) atoms. The Hall–Kier alpha value is -2.70. The molecule has 0 aliphatic carbocycles. The van der Waals surface area contributed by atoms with Crippen LogP contribution in [0.3, 0.4) is 0 Å². The normalized spacial score (nSPS) is 19.1. The standard InChI is InChI=1S/C13H11N3O4/c17-11-4-3-9(12(18)14-11)7-1-2-8-5-10(13(19)20)15-16(8)6-7/h1-2,5-6,9H,3-4H2,(H,19,20)(H,14,17,18). The number of carbonyl (C=O) groups excluding carboxylic acids is 2. The number of piperidine rings is 1. The van der Waals surface area contributed by atoms with Crippen molar-refractivity contribution in [3.63, 3.8) is 0 Å². The van der Waals surface area contributed by atoms with Gasteiger partial charge in [-0.1, -0.05) is 6.07 Å². The first-order valence-corrected chi connectivity index (χ1v) is 6.11. The lowest BCUT2D eigenvalue weighted by Crippen LogP contribution is -2.39. The molecule has 1 atom stereocenters. The quantitative estimate of drug-likeness (QED) is 0.778. The maximum atomic E-state index is 11.8. The van der Waals surface area contributed by atoms with Gasteiger partial charge in [-0.2, -0.15) is 5.10 Å². The average molecular weight is 273 g/mol. The number of nitrogens with one attached hydrogen (secondary N) is 1. The molecule has 2 amide bonds. The topological polar surface area (TPSA) is 101 Å². The molecular formula is C13H11N3O4. The molecule has 2 aromatic heterocycles. The van der Waals surface area contributed by atoms with Crippen molar-refractivity contribution in [2.45, 2.75) is 18.8 Å². The number of aromatic carboxylic acids is 1. The van der Waals surface area contributed by atoms with Gasteiger partial charge in [0.05, 0.1) is 11.4 Å². The second-order valence-corrected chi connectivity index (χ2v) is 4.67. The fourth-order valence-electron chi connectivity index (χ4n) is 2.32. The van der Waals surface area contributed by atoms with Crippen LogP contribution >= 0.6 is 0 Å². The molecule has 102 valence electrons. The lowest BCUT2D eigenvalue weighted by Gasteiger charge is -2.20. The van der Waals surface area contributed by atoms with E-state index in [2.05, 4.69) is 10.4 Å². The first kappa shape index (κ1) is 12.3. The molecule has 1 fully saturated rings. The van der Waals surface area contributed by atoms with E-state index >= 15 is 0 Å². The van der Waals surface area contributed by atoms with E-state index in [4.69, 9.17) is 5.11 Å². The smallest absolute Gasteiger partial charge is 0.356 e. The lowest BCUT2D eigenvalue weighted by molar-refractivity contribution is -0.134. The summed E-state index contributed by atoms with van der Waals surface area (Å²) in [6.45, 7) is 0. The molecule has 1 unspecified atom stereocenters. The number of fused-ring (bicyclic) bond motifs is 1. The van der Waals surface area contributed by atoms with Gasteiger partial charge in [-0.05, 0) is 24.1 Å². The highest BCUT2D eigenvalue weighted by molar-refractivity contribution is 6.00. The molecule has 0 spiro atoms. The predicted molar refractivity (Wildman–Crippen MR) is 67.3 cm³/mol. The highest BCUT2D eigenvalue weighted by Gasteiger charge is 2.28. The highest BCUT2D eigenvalue weighted by atomic mass is 16.4. The number of hydrogen-bond donors (Lipinski definition) is 2. The molecule has 0 bridgehead atoms. The second kappa shape index (κ2) is 4.44. The highest BCUT2D eigenvalue weighted by Crippen LogP contribution is 2.25. The number of carboxylic acid groups (broad SMARTS) is 1. The Labute approximate surface area is 113 Å². The van der Waals surface area contributed by atoms with Gasteiger partial charge in [0.25, 0.3) is 0 Å². The van der Waals surface area contributed by atoms with Gasteiger partial charge in [0.15, 0.2) is 5.69 Å². The van der Waals surface area contributed by atoms with Crippen molar-refractivity contribution in [3.05, 3.63) is 35.7 Å². The number of carbonyl (C=O) groups is 3. The zero-order valence-corrected chi connectivity index (χ0v) is 10.4. The molecule has 0 aromatic carbocycles. The first-order chi connectivity index (χ1) is 9.54. The zero-order valence-electron chi connectivity index (χ0n) is 10.4. The molecule has 3 rings (SSSR count). The summed E-state index contributed by atoms with van der Waals surface area (Å²) < 4.78 is 1.43. The molecule has 1 aliphatic rings. The number of amides is 2. The fraction of sp³-hybridized carbons (Fsp3) is 0.231. The van der Waals surface area contributed by atoms with Crippen molar-refractivity contribution < 1.29 is 19.5 Å². The Morgan fingerprint density at radius 2 is 2.20 bits per heavy atom.